The van der Waals surface area contributed by atoms with E-state index >= 15 is 0 Å². The lowest BCUT2D eigenvalue weighted by Gasteiger charge is -2.33. The molecule has 1 amide bonds. The number of nitrogens with zero attached hydrogens (tertiary/aromatic N) is 1. The summed E-state index contributed by atoms with van der Waals surface area (Å²) in [6.07, 6.45) is 4.12. The van der Waals surface area contributed by atoms with Crippen LogP contribution in [0.2, 0.25) is 5.02 Å². The van der Waals surface area contributed by atoms with Crippen molar-refractivity contribution in [1.82, 2.24) is 4.31 Å². The molecule has 162 valence electrons. The predicted molar refractivity (Wildman–Crippen MR) is 114 cm³/mol. The highest BCUT2D eigenvalue weighted by atomic mass is 35.5. The van der Waals surface area contributed by atoms with Crippen LogP contribution in [0.1, 0.15) is 32.1 Å². The van der Waals surface area contributed by atoms with Gasteiger partial charge in [-0.2, -0.15) is 4.31 Å². The molecule has 6 nitrogen and oxygen atoms in total. The maximum atomic E-state index is 13.9. The fraction of sp³-hybridized carbons (Fsp3) is 0.381. The first kappa shape index (κ1) is 22.5. The number of methoxy groups -OCH3 is 1. The van der Waals surface area contributed by atoms with Crippen molar-refractivity contribution in [1.29, 1.82) is 0 Å². The van der Waals surface area contributed by atoms with Gasteiger partial charge in [0.1, 0.15) is 11.6 Å². The van der Waals surface area contributed by atoms with E-state index < -0.39 is 28.3 Å². The van der Waals surface area contributed by atoms with Crippen LogP contribution in [-0.2, 0) is 14.8 Å². The third-order valence-electron chi connectivity index (χ3n) is 5.16. The van der Waals surface area contributed by atoms with Crippen molar-refractivity contribution < 1.29 is 22.3 Å². The number of halogens is 2. The monoisotopic (exact) mass is 454 g/mol. The first-order valence-electron chi connectivity index (χ1n) is 9.72. The van der Waals surface area contributed by atoms with Gasteiger partial charge < -0.3 is 10.1 Å². The SMILES string of the molecule is COc1ccc(S(=O)(=O)N(CC(=O)Nc2ccccc2F)C2CCCCC2)cc1Cl. The number of amides is 1. The molecule has 0 heterocycles. The molecule has 9 heteroatoms. The van der Waals surface area contributed by atoms with Gasteiger partial charge in [0, 0.05) is 6.04 Å². The van der Waals surface area contributed by atoms with E-state index in [2.05, 4.69) is 5.32 Å². The number of hydrogen-bond donors (Lipinski definition) is 1. The number of carbonyl (C=O) groups excluding carboxylic acids is 1. The lowest BCUT2D eigenvalue weighted by atomic mass is 9.95. The molecule has 0 unspecified atom stereocenters. The number of hydrogen-bond acceptors (Lipinski definition) is 4. The standard InChI is InChI=1S/C21H24ClFN2O4S/c1-29-20-12-11-16(13-17(20)22)30(27,28)25(15-7-3-2-4-8-15)14-21(26)24-19-10-6-5-9-18(19)23/h5-6,9-13,15H,2-4,7-8,14H2,1H3,(H,24,26). The molecular formula is C21H24ClFN2O4S. The Bertz CT molecular complexity index is 1010. The summed E-state index contributed by atoms with van der Waals surface area (Å²) in [5, 5.41) is 2.63. The summed E-state index contributed by atoms with van der Waals surface area (Å²) in [4.78, 5) is 12.6. The molecule has 0 bridgehead atoms. The van der Waals surface area contributed by atoms with Crippen LogP contribution in [0.4, 0.5) is 10.1 Å². The zero-order valence-electron chi connectivity index (χ0n) is 16.6. The van der Waals surface area contributed by atoms with E-state index in [0.29, 0.717) is 18.6 Å². The maximum Gasteiger partial charge on any atom is 0.243 e. The van der Waals surface area contributed by atoms with E-state index in [1.807, 2.05) is 0 Å². The zero-order valence-corrected chi connectivity index (χ0v) is 18.2. The van der Waals surface area contributed by atoms with Crippen molar-refractivity contribution in [3.8, 4) is 5.75 Å². The van der Waals surface area contributed by atoms with Gasteiger partial charge in [0.05, 0.1) is 29.3 Å². The summed E-state index contributed by atoms with van der Waals surface area (Å²) in [6, 6.07) is 9.65. The normalized spacial score (nSPS) is 15.2. The molecule has 0 spiro atoms. The Balaban J connectivity index is 1.89. The summed E-state index contributed by atoms with van der Waals surface area (Å²) in [5.74, 6) is -0.828. The van der Waals surface area contributed by atoms with Crippen LogP contribution in [0.5, 0.6) is 5.75 Å². The Labute approximate surface area is 181 Å². The Kier molecular flexibility index (Phi) is 7.33. The molecule has 0 saturated heterocycles. The predicted octanol–water partition coefficient (Wildman–Crippen LogP) is 4.45. The maximum absolute atomic E-state index is 13.9. The number of ether oxygens (including phenoxy) is 1. The van der Waals surface area contributed by atoms with E-state index in [1.165, 1.54) is 47.8 Å². The third kappa shape index (κ3) is 5.11. The second-order valence-corrected chi connectivity index (χ2v) is 9.46. The van der Waals surface area contributed by atoms with Crippen molar-refractivity contribution >= 4 is 33.2 Å². The number of nitrogens with one attached hydrogen (secondary N) is 1. The van der Waals surface area contributed by atoms with Gasteiger partial charge in [0.15, 0.2) is 0 Å². The van der Waals surface area contributed by atoms with Crippen molar-refractivity contribution in [3.63, 3.8) is 0 Å². The summed E-state index contributed by atoms with van der Waals surface area (Å²) in [6.45, 7) is -0.412. The molecule has 2 aromatic rings. The molecule has 0 atom stereocenters. The highest BCUT2D eigenvalue weighted by molar-refractivity contribution is 7.89. The van der Waals surface area contributed by atoms with Crippen LogP contribution in [0.3, 0.4) is 0 Å². The summed E-state index contributed by atoms with van der Waals surface area (Å²) >= 11 is 6.13. The number of carbonyl (C=O) groups is 1. The van der Waals surface area contributed by atoms with Crippen LogP contribution in [-0.4, -0.2) is 38.3 Å². The minimum absolute atomic E-state index is 0.0102. The molecule has 1 saturated carbocycles. The average Bonchev–Trinajstić information content (AvgIpc) is 2.74. The number of benzene rings is 2. The largest absolute Gasteiger partial charge is 0.495 e. The van der Waals surface area contributed by atoms with Gasteiger partial charge in [0.2, 0.25) is 15.9 Å². The van der Waals surface area contributed by atoms with Gasteiger partial charge >= 0.3 is 0 Å². The van der Waals surface area contributed by atoms with Gasteiger partial charge in [-0.05, 0) is 43.2 Å². The van der Waals surface area contributed by atoms with Crippen LogP contribution < -0.4 is 10.1 Å². The first-order chi connectivity index (χ1) is 14.3. The third-order valence-corrected chi connectivity index (χ3v) is 7.35. The lowest BCUT2D eigenvalue weighted by Crippen LogP contribution is -2.45. The second-order valence-electron chi connectivity index (χ2n) is 7.17. The summed E-state index contributed by atoms with van der Waals surface area (Å²) in [5.41, 5.74) is 0.0102. The Hall–Kier alpha value is -2.16. The van der Waals surface area contributed by atoms with Crippen LogP contribution in [0.15, 0.2) is 47.4 Å². The minimum atomic E-state index is -4.01. The van der Waals surface area contributed by atoms with E-state index in [0.717, 1.165) is 19.3 Å². The highest BCUT2D eigenvalue weighted by Crippen LogP contribution is 2.32. The Morgan fingerprint density at radius 3 is 2.53 bits per heavy atom. The molecule has 3 rings (SSSR count). The van der Waals surface area contributed by atoms with Crippen LogP contribution >= 0.6 is 11.6 Å². The first-order valence-corrected chi connectivity index (χ1v) is 11.5. The number of rotatable bonds is 7. The second kappa shape index (κ2) is 9.76. The molecule has 1 N–H and O–H groups in total. The van der Waals surface area contributed by atoms with E-state index in [-0.39, 0.29) is 21.6 Å². The quantitative estimate of drug-likeness (QED) is 0.670. The van der Waals surface area contributed by atoms with Gasteiger partial charge in [-0.15, -0.1) is 0 Å². The van der Waals surface area contributed by atoms with E-state index in [4.69, 9.17) is 16.3 Å². The Morgan fingerprint density at radius 2 is 1.90 bits per heavy atom. The molecule has 1 aliphatic carbocycles. The lowest BCUT2D eigenvalue weighted by molar-refractivity contribution is -0.116. The van der Waals surface area contributed by atoms with E-state index in [1.54, 1.807) is 6.07 Å². The van der Waals surface area contributed by atoms with Crippen molar-refractivity contribution in [2.75, 3.05) is 19.0 Å². The molecule has 2 aromatic carbocycles. The summed E-state index contributed by atoms with van der Waals surface area (Å²) < 4.78 is 47.0. The van der Waals surface area contributed by atoms with Crippen LogP contribution in [0.25, 0.3) is 0 Å². The van der Waals surface area contributed by atoms with Gasteiger partial charge in [-0.25, -0.2) is 12.8 Å². The fourth-order valence-corrected chi connectivity index (χ4v) is 5.61. The molecule has 1 fully saturated rings. The van der Waals surface area contributed by atoms with E-state index in [9.17, 15) is 17.6 Å². The molecule has 0 radical (unpaired) electrons. The molecule has 0 aromatic heterocycles. The van der Waals surface area contributed by atoms with Gasteiger partial charge in [0.25, 0.3) is 0 Å². The fourth-order valence-electron chi connectivity index (χ4n) is 3.62. The van der Waals surface area contributed by atoms with Crippen molar-refractivity contribution in [2.45, 2.75) is 43.0 Å². The molecule has 1 aliphatic rings. The molecule has 0 aliphatic heterocycles. The van der Waals surface area contributed by atoms with Crippen molar-refractivity contribution in [3.05, 3.63) is 53.3 Å². The van der Waals surface area contributed by atoms with Gasteiger partial charge in [-0.3, -0.25) is 4.79 Å². The average molecular weight is 455 g/mol. The van der Waals surface area contributed by atoms with Crippen molar-refractivity contribution in [2.24, 2.45) is 0 Å². The topological polar surface area (TPSA) is 75.7 Å². The van der Waals surface area contributed by atoms with Gasteiger partial charge in [-0.1, -0.05) is 43.0 Å². The summed E-state index contributed by atoms with van der Waals surface area (Å²) in [7, 11) is -2.57. The smallest absolute Gasteiger partial charge is 0.243 e. The zero-order chi connectivity index (χ0) is 21.7. The number of para-hydroxylation sites is 1. The van der Waals surface area contributed by atoms with Crippen LogP contribution in [0, 0.1) is 5.82 Å². The molecule has 30 heavy (non-hydrogen) atoms. The molecular weight excluding hydrogens is 431 g/mol. The minimum Gasteiger partial charge on any atom is -0.495 e. The number of anilines is 1. The Morgan fingerprint density at radius 1 is 1.20 bits per heavy atom. The highest BCUT2D eigenvalue weighted by Gasteiger charge is 2.34. The number of sulfonamides is 1.